The number of nitrogens with two attached hydrogens (primary N) is 1. The molecule has 5 amide bonds. The van der Waals surface area contributed by atoms with Crippen LogP contribution in [0.1, 0.15) is 77.0 Å². The maximum Gasteiger partial charge on any atom is 0.316 e. The minimum absolute atomic E-state index is 0.118. The van der Waals surface area contributed by atoms with E-state index in [9.17, 15) is 28.8 Å². The minimum atomic E-state index is -1.12. The fourth-order valence-corrected chi connectivity index (χ4v) is 7.04. The molecule has 0 radical (unpaired) electrons. The van der Waals surface area contributed by atoms with Crippen molar-refractivity contribution in [2.45, 2.75) is 103 Å². The number of fused-ring (bicyclic) bond motifs is 1. The van der Waals surface area contributed by atoms with E-state index >= 15 is 0 Å². The van der Waals surface area contributed by atoms with E-state index in [1.807, 2.05) is 13.8 Å². The molecule has 2 aliphatic heterocycles. The van der Waals surface area contributed by atoms with Crippen LogP contribution in [0.3, 0.4) is 0 Å². The average Bonchev–Trinajstić information content (AvgIpc) is 3.62. The molecule has 1 saturated carbocycles. The summed E-state index contributed by atoms with van der Waals surface area (Å²) in [7, 11) is 0. The number of ketones is 2. The highest BCUT2D eigenvalue weighted by Crippen LogP contribution is 2.43. The number of carbonyl (C=O) groups is 6. The van der Waals surface area contributed by atoms with Crippen molar-refractivity contribution in [2.75, 3.05) is 6.54 Å². The quantitative estimate of drug-likeness (QED) is 0.196. The van der Waals surface area contributed by atoms with Gasteiger partial charge in [-0.2, -0.15) is 0 Å². The van der Waals surface area contributed by atoms with E-state index in [4.69, 9.17) is 10.5 Å². The van der Waals surface area contributed by atoms with Crippen molar-refractivity contribution in [1.29, 1.82) is 0 Å². The van der Waals surface area contributed by atoms with Crippen LogP contribution >= 0.6 is 11.3 Å². The number of hydrogen-bond acceptors (Lipinski definition) is 9. The Kier molecular flexibility index (Phi) is 10.1. The van der Waals surface area contributed by atoms with Crippen LogP contribution in [0.5, 0.6) is 0 Å². The van der Waals surface area contributed by atoms with Crippen molar-refractivity contribution < 1.29 is 33.5 Å². The highest BCUT2D eigenvalue weighted by atomic mass is 32.1. The summed E-state index contributed by atoms with van der Waals surface area (Å²) in [6, 6.07) is -4.65. The number of thiazole rings is 1. The summed E-state index contributed by atoms with van der Waals surface area (Å²) in [6.45, 7) is 11.1. The van der Waals surface area contributed by atoms with Crippen molar-refractivity contribution in [3.05, 3.63) is 16.6 Å². The van der Waals surface area contributed by atoms with E-state index in [1.165, 1.54) is 22.4 Å². The van der Waals surface area contributed by atoms with E-state index < -0.39 is 65.4 Å². The molecule has 242 valence electrons. The highest BCUT2D eigenvalue weighted by Gasteiger charge is 2.56. The van der Waals surface area contributed by atoms with Crippen LogP contribution in [0.4, 0.5) is 4.79 Å². The Balaban J connectivity index is 1.54. The second-order valence-corrected chi connectivity index (χ2v) is 14.3. The lowest BCUT2D eigenvalue weighted by atomic mass is 9.77. The van der Waals surface area contributed by atoms with Crippen molar-refractivity contribution in [3.63, 3.8) is 0 Å². The number of primary amides is 1. The van der Waals surface area contributed by atoms with Gasteiger partial charge in [-0.05, 0) is 50.9 Å². The Morgan fingerprint density at radius 3 is 2.18 bits per heavy atom. The van der Waals surface area contributed by atoms with Crippen LogP contribution < -0.4 is 21.7 Å². The molecule has 3 unspecified atom stereocenters. The van der Waals surface area contributed by atoms with Gasteiger partial charge in [0.1, 0.15) is 18.1 Å². The molecule has 2 saturated heterocycles. The summed E-state index contributed by atoms with van der Waals surface area (Å²) >= 11 is 1.18. The molecule has 13 nitrogen and oxygen atoms in total. The predicted octanol–water partition coefficient (Wildman–Crippen LogP) is 1.41. The third-order valence-corrected chi connectivity index (χ3v) is 9.68. The first-order valence-electron chi connectivity index (χ1n) is 15.2. The number of hydrogen-bond donors (Lipinski definition) is 4. The van der Waals surface area contributed by atoms with Gasteiger partial charge in [0.05, 0.1) is 17.7 Å². The van der Waals surface area contributed by atoms with E-state index in [-0.39, 0.29) is 41.0 Å². The van der Waals surface area contributed by atoms with Gasteiger partial charge in [-0.1, -0.05) is 34.1 Å². The van der Waals surface area contributed by atoms with Crippen molar-refractivity contribution in [1.82, 2.24) is 25.8 Å². The first kappa shape index (κ1) is 33.5. The summed E-state index contributed by atoms with van der Waals surface area (Å²) in [5.74, 6) is -4.53. The molecule has 0 spiro atoms. The number of Topliss-reactive ketones (excluding diaryl/α,β-unsaturated/α-hetero) is 2. The smallest absolute Gasteiger partial charge is 0.316 e. The van der Waals surface area contributed by atoms with Gasteiger partial charge in [0.2, 0.25) is 23.4 Å². The second kappa shape index (κ2) is 13.3. The topological polar surface area (TPSA) is 190 Å². The Morgan fingerprint density at radius 1 is 1.02 bits per heavy atom. The van der Waals surface area contributed by atoms with Gasteiger partial charge in [-0.15, -0.1) is 11.3 Å². The number of nitrogens with one attached hydrogen (secondary N) is 3. The second-order valence-electron chi connectivity index (χ2n) is 13.4. The van der Waals surface area contributed by atoms with Crippen LogP contribution in [-0.2, 0) is 23.9 Å². The van der Waals surface area contributed by atoms with Crippen molar-refractivity contribution in [2.24, 2.45) is 29.4 Å². The number of urea groups is 1. The molecule has 3 fully saturated rings. The number of rotatable bonds is 12. The fraction of sp³-hybridized carbons (Fsp3) is 0.700. The zero-order valence-corrected chi connectivity index (χ0v) is 26.9. The molecule has 1 aromatic rings. The maximum absolute atomic E-state index is 14.1. The summed E-state index contributed by atoms with van der Waals surface area (Å²) in [5.41, 5.74) is 4.78. The van der Waals surface area contributed by atoms with Crippen LogP contribution in [0.15, 0.2) is 11.6 Å². The molecule has 3 heterocycles. The Morgan fingerprint density at radius 2 is 1.66 bits per heavy atom. The molecule has 6 atom stereocenters. The number of carbonyl (C=O) groups excluding carboxylic acids is 6. The summed E-state index contributed by atoms with van der Waals surface area (Å²) in [6.07, 6.45) is 3.81. The molecular formula is C30H44N6O7S. The normalized spacial score (nSPS) is 24.6. The number of nitrogens with zero attached hydrogens (tertiary/aromatic N) is 2. The van der Waals surface area contributed by atoms with E-state index in [1.54, 1.807) is 33.1 Å². The van der Waals surface area contributed by atoms with Gasteiger partial charge in [0, 0.05) is 24.0 Å². The lowest BCUT2D eigenvalue weighted by Gasteiger charge is -2.36. The Bertz CT molecular complexity index is 1280. The van der Waals surface area contributed by atoms with Gasteiger partial charge in [0.15, 0.2) is 5.01 Å². The number of ether oxygens (including phenoxy) is 1. The summed E-state index contributed by atoms with van der Waals surface area (Å²) in [5, 5.41) is 10.2. The molecule has 0 aromatic carbocycles. The SMILES string of the molecule is CC(C)[C@H](NC(=O)N[C@H](C(=O)N1CC2OC(C)(C)CC2[C@H]1C(=O)NC(C(=O)C(N)=O)C1CCC1)C(C)C)C(=O)c1nccs1. The van der Waals surface area contributed by atoms with Gasteiger partial charge in [-0.3, -0.25) is 24.0 Å². The summed E-state index contributed by atoms with van der Waals surface area (Å²) < 4.78 is 6.21. The monoisotopic (exact) mass is 632 g/mol. The molecule has 14 heteroatoms. The third-order valence-electron chi connectivity index (χ3n) is 8.89. The fourth-order valence-electron chi connectivity index (χ4n) is 6.43. The van der Waals surface area contributed by atoms with Gasteiger partial charge in [-0.25, -0.2) is 9.78 Å². The molecule has 1 aliphatic carbocycles. The highest BCUT2D eigenvalue weighted by molar-refractivity contribution is 7.11. The molecule has 5 N–H and O–H groups in total. The predicted molar refractivity (Wildman–Crippen MR) is 161 cm³/mol. The molecule has 0 bridgehead atoms. The van der Waals surface area contributed by atoms with Gasteiger partial charge >= 0.3 is 6.03 Å². The van der Waals surface area contributed by atoms with Gasteiger partial charge in [0.25, 0.3) is 5.91 Å². The van der Waals surface area contributed by atoms with Crippen LogP contribution in [-0.4, -0.2) is 87.6 Å². The number of likely N-dealkylation sites (tertiary alicyclic amines) is 1. The maximum atomic E-state index is 14.1. The lowest BCUT2D eigenvalue weighted by molar-refractivity contribution is -0.144. The Hall–Kier alpha value is -3.39. The zero-order chi connectivity index (χ0) is 32.5. The largest absolute Gasteiger partial charge is 0.370 e. The van der Waals surface area contributed by atoms with E-state index in [0.717, 1.165) is 6.42 Å². The molecule has 1 aromatic heterocycles. The van der Waals surface area contributed by atoms with Crippen LogP contribution in [0.25, 0.3) is 0 Å². The molecule has 4 rings (SSSR count). The lowest BCUT2D eigenvalue weighted by Crippen LogP contribution is -2.61. The zero-order valence-electron chi connectivity index (χ0n) is 26.1. The average molecular weight is 633 g/mol. The number of aromatic nitrogens is 1. The third kappa shape index (κ3) is 7.12. The molecule has 3 aliphatic rings. The molecule has 44 heavy (non-hydrogen) atoms. The van der Waals surface area contributed by atoms with Gasteiger partial charge < -0.3 is 31.3 Å². The van der Waals surface area contributed by atoms with Crippen molar-refractivity contribution >= 4 is 46.7 Å². The first-order valence-corrected chi connectivity index (χ1v) is 16.1. The van der Waals surface area contributed by atoms with E-state index in [0.29, 0.717) is 19.3 Å². The first-order chi connectivity index (χ1) is 20.6. The van der Waals surface area contributed by atoms with Crippen LogP contribution in [0.2, 0.25) is 0 Å². The van der Waals surface area contributed by atoms with Crippen molar-refractivity contribution in [3.8, 4) is 0 Å². The Labute approximate surface area is 261 Å². The number of amides is 5. The standard InChI is InChI=1S/C30H44N6O7S/c1-14(2)19(24(38)27-32-10-11-44-27)34-29(42)35-20(15(3)4)28(41)36-13-18-17(12-30(5,6)43-18)22(36)26(40)33-21(16-8-7-9-16)23(37)25(31)39/h10-11,14-22H,7-9,12-13H2,1-6H3,(H2,31,39)(H,33,40)(H2,34,35,42)/t17?,18?,19-,20-,21?,22-/m0/s1. The van der Waals surface area contributed by atoms with Crippen LogP contribution in [0, 0.1) is 23.7 Å². The molecular weight excluding hydrogens is 588 g/mol. The van der Waals surface area contributed by atoms with E-state index in [2.05, 4.69) is 20.9 Å². The minimum Gasteiger partial charge on any atom is -0.370 e. The summed E-state index contributed by atoms with van der Waals surface area (Å²) in [4.78, 5) is 84.2.